The molecule has 1 amide bonds. The van der Waals surface area contributed by atoms with Gasteiger partial charge < -0.3 is 10.4 Å². The molecule has 0 aliphatic heterocycles. The molecule has 0 spiro atoms. The van der Waals surface area contributed by atoms with E-state index in [-0.39, 0.29) is 18.4 Å². The minimum atomic E-state index is -1.01. The second-order valence-corrected chi connectivity index (χ2v) is 7.33. The maximum Gasteiger partial charge on any atom is 0.305 e. The predicted molar refractivity (Wildman–Crippen MR) is 107 cm³/mol. The number of hydrogen-bond acceptors (Lipinski definition) is 4. The van der Waals surface area contributed by atoms with E-state index in [2.05, 4.69) is 15.4 Å². The van der Waals surface area contributed by atoms with Gasteiger partial charge in [-0.3, -0.25) is 9.59 Å². The number of carboxylic acids is 1. The molecule has 1 atom stereocenters. The third-order valence-corrected chi connectivity index (χ3v) is 4.70. The average Bonchev–Trinajstić information content (AvgIpc) is 3.03. The fourth-order valence-electron chi connectivity index (χ4n) is 3.03. The largest absolute Gasteiger partial charge is 0.481 e. The van der Waals surface area contributed by atoms with Gasteiger partial charge in [0, 0.05) is 16.5 Å². The van der Waals surface area contributed by atoms with Crippen molar-refractivity contribution in [3.8, 4) is 0 Å². The topological polar surface area (TPSA) is 97.1 Å². The highest BCUT2D eigenvalue weighted by molar-refractivity contribution is 6.30. The second kappa shape index (κ2) is 7.98. The zero-order valence-electron chi connectivity index (χ0n) is 15.8. The van der Waals surface area contributed by atoms with Crippen LogP contribution in [0.3, 0.4) is 0 Å². The summed E-state index contributed by atoms with van der Waals surface area (Å²) in [6.45, 7) is 5.76. The number of carbonyl (C=O) groups excluding carboxylic acids is 1. The van der Waals surface area contributed by atoms with Gasteiger partial charge in [0.25, 0.3) is 5.91 Å². The fourth-order valence-corrected chi connectivity index (χ4v) is 3.16. The van der Waals surface area contributed by atoms with Crippen molar-refractivity contribution in [3.05, 3.63) is 58.4 Å². The van der Waals surface area contributed by atoms with Crippen LogP contribution < -0.4 is 5.32 Å². The molecule has 0 aliphatic rings. The molecule has 0 aliphatic carbocycles. The van der Waals surface area contributed by atoms with E-state index in [1.54, 1.807) is 48.1 Å². The van der Waals surface area contributed by atoms with Gasteiger partial charge in [-0.15, -0.1) is 0 Å². The normalized spacial score (nSPS) is 12.3. The van der Waals surface area contributed by atoms with Gasteiger partial charge in [0.05, 0.1) is 29.9 Å². The molecule has 7 nitrogen and oxygen atoms in total. The third-order valence-electron chi connectivity index (χ3n) is 4.45. The zero-order valence-corrected chi connectivity index (χ0v) is 16.6. The highest BCUT2D eigenvalue weighted by atomic mass is 35.5. The lowest BCUT2D eigenvalue weighted by Crippen LogP contribution is -2.30. The van der Waals surface area contributed by atoms with E-state index in [9.17, 15) is 14.7 Å². The van der Waals surface area contributed by atoms with Crippen molar-refractivity contribution in [2.75, 3.05) is 0 Å². The number of aliphatic carboxylic acids is 1. The van der Waals surface area contributed by atoms with Crippen LogP contribution >= 0.6 is 11.6 Å². The number of aromatic nitrogens is 3. The summed E-state index contributed by atoms with van der Waals surface area (Å²) in [5, 5.41) is 17.7. The second-order valence-electron chi connectivity index (χ2n) is 6.89. The number of amides is 1. The minimum Gasteiger partial charge on any atom is -0.481 e. The highest BCUT2D eigenvalue weighted by Crippen LogP contribution is 2.23. The number of carbonyl (C=O) groups is 2. The van der Waals surface area contributed by atoms with Gasteiger partial charge >= 0.3 is 5.97 Å². The van der Waals surface area contributed by atoms with Crippen molar-refractivity contribution in [2.24, 2.45) is 0 Å². The van der Waals surface area contributed by atoms with E-state index in [4.69, 9.17) is 11.6 Å². The van der Waals surface area contributed by atoms with Gasteiger partial charge in [0.1, 0.15) is 0 Å². The maximum atomic E-state index is 12.9. The highest BCUT2D eigenvalue weighted by Gasteiger charge is 2.21. The molecule has 146 valence electrons. The molecule has 1 aromatic carbocycles. The number of benzene rings is 1. The number of fused-ring (bicyclic) bond motifs is 1. The summed E-state index contributed by atoms with van der Waals surface area (Å²) < 4.78 is 1.80. The molecular weight excluding hydrogens is 380 g/mol. The van der Waals surface area contributed by atoms with Crippen LogP contribution in [0.15, 0.2) is 36.5 Å². The van der Waals surface area contributed by atoms with Crippen molar-refractivity contribution < 1.29 is 14.7 Å². The molecule has 0 bridgehead atoms. The average molecular weight is 401 g/mol. The molecule has 28 heavy (non-hydrogen) atoms. The van der Waals surface area contributed by atoms with Crippen LogP contribution in [0.1, 0.15) is 54.0 Å². The molecule has 2 aromatic heterocycles. The van der Waals surface area contributed by atoms with Crippen LogP contribution in [0.2, 0.25) is 5.02 Å². The minimum absolute atomic E-state index is 0.147. The van der Waals surface area contributed by atoms with E-state index in [0.29, 0.717) is 27.5 Å². The van der Waals surface area contributed by atoms with E-state index in [1.807, 2.05) is 13.8 Å². The standard InChI is InChI=1S/C20H21ClN4O3/c1-11(2)25-19-14(10-22-25)8-16(12(3)23-19)20(28)24-17(9-18(26)27)13-4-6-15(21)7-5-13/h4-8,10-11,17H,9H2,1-3H3,(H,24,28)(H,26,27). The number of aryl methyl sites for hydroxylation is 1. The number of halogens is 1. The summed E-state index contributed by atoms with van der Waals surface area (Å²) in [5.41, 5.74) is 2.32. The monoisotopic (exact) mass is 400 g/mol. The smallest absolute Gasteiger partial charge is 0.305 e. The molecule has 0 saturated heterocycles. The van der Waals surface area contributed by atoms with Crippen LogP contribution in [0.5, 0.6) is 0 Å². The number of nitrogens with one attached hydrogen (secondary N) is 1. The van der Waals surface area contributed by atoms with E-state index in [0.717, 1.165) is 5.39 Å². The summed E-state index contributed by atoms with van der Waals surface area (Å²) in [5.74, 6) is -1.39. The molecular formula is C20H21ClN4O3. The Labute approximate surface area is 167 Å². The van der Waals surface area contributed by atoms with Gasteiger partial charge in [-0.2, -0.15) is 5.10 Å². The number of pyridine rings is 1. The molecule has 0 radical (unpaired) electrons. The summed E-state index contributed by atoms with van der Waals surface area (Å²) >= 11 is 5.90. The summed E-state index contributed by atoms with van der Waals surface area (Å²) in [7, 11) is 0. The Balaban J connectivity index is 1.92. The lowest BCUT2D eigenvalue weighted by atomic mass is 10.0. The molecule has 3 rings (SSSR count). The summed E-state index contributed by atoms with van der Waals surface area (Å²) in [4.78, 5) is 28.7. The van der Waals surface area contributed by atoms with Crippen LogP contribution in [0, 0.1) is 6.92 Å². The number of rotatable bonds is 6. The first-order valence-corrected chi connectivity index (χ1v) is 9.27. The van der Waals surface area contributed by atoms with Gasteiger partial charge in [0.2, 0.25) is 0 Å². The Morgan fingerprint density at radius 3 is 2.54 bits per heavy atom. The Morgan fingerprint density at radius 1 is 1.25 bits per heavy atom. The van der Waals surface area contributed by atoms with Crippen LogP contribution in [-0.4, -0.2) is 31.7 Å². The van der Waals surface area contributed by atoms with Crippen molar-refractivity contribution in [1.29, 1.82) is 0 Å². The first-order chi connectivity index (χ1) is 13.3. The Morgan fingerprint density at radius 2 is 1.93 bits per heavy atom. The Kier molecular flexibility index (Phi) is 5.65. The van der Waals surface area contributed by atoms with E-state index >= 15 is 0 Å². The first kappa shape index (κ1) is 19.8. The molecule has 1 unspecified atom stereocenters. The lowest BCUT2D eigenvalue weighted by Gasteiger charge is -2.18. The first-order valence-electron chi connectivity index (χ1n) is 8.89. The summed E-state index contributed by atoms with van der Waals surface area (Å²) in [6.07, 6.45) is 1.43. The maximum absolute atomic E-state index is 12.9. The molecule has 8 heteroatoms. The van der Waals surface area contributed by atoms with Gasteiger partial charge in [0.15, 0.2) is 5.65 Å². The van der Waals surface area contributed by atoms with Gasteiger partial charge in [-0.1, -0.05) is 23.7 Å². The SMILES string of the molecule is Cc1nc2c(cnn2C(C)C)cc1C(=O)NC(CC(=O)O)c1ccc(Cl)cc1. The van der Waals surface area contributed by atoms with Crippen LogP contribution in [0.25, 0.3) is 11.0 Å². The van der Waals surface area contributed by atoms with Crippen LogP contribution in [0.4, 0.5) is 0 Å². The van der Waals surface area contributed by atoms with Crippen molar-refractivity contribution in [2.45, 2.75) is 39.3 Å². The molecule has 2 N–H and O–H groups in total. The zero-order chi connectivity index (χ0) is 20.4. The van der Waals surface area contributed by atoms with Crippen molar-refractivity contribution in [3.63, 3.8) is 0 Å². The Hall–Kier alpha value is -2.93. The fraction of sp³-hybridized carbons (Fsp3) is 0.300. The quantitative estimate of drug-likeness (QED) is 0.653. The molecule has 0 fully saturated rings. The predicted octanol–water partition coefficient (Wildman–Crippen LogP) is 3.92. The van der Waals surface area contributed by atoms with Crippen LogP contribution in [-0.2, 0) is 4.79 Å². The number of nitrogens with zero attached hydrogens (tertiary/aromatic N) is 3. The summed E-state index contributed by atoms with van der Waals surface area (Å²) in [6, 6.07) is 7.94. The molecule has 3 aromatic rings. The number of hydrogen-bond donors (Lipinski definition) is 2. The van der Waals surface area contributed by atoms with Gasteiger partial charge in [-0.25, -0.2) is 9.67 Å². The van der Waals surface area contributed by atoms with Crippen molar-refractivity contribution in [1.82, 2.24) is 20.1 Å². The number of carboxylic acid groups (broad SMARTS) is 1. The van der Waals surface area contributed by atoms with E-state index < -0.39 is 12.0 Å². The Bertz CT molecular complexity index is 1030. The molecule has 2 heterocycles. The van der Waals surface area contributed by atoms with Gasteiger partial charge in [-0.05, 0) is 44.5 Å². The lowest BCUT2D eigenvalue weighted by molar-refractivity contribution is -0.137. The van der Waals surface area contributed by atoms with E-state index in [1.165, 1.54) is 0 Å². The van der Waals surface area contributed by atoms with Crippen molar-refractivity contribution >= 4 is 34.5 Å². The third kappa shape index (κ3) is 4.14. The molecule has 0 saturated carbocycles.